The molecule has 2 nitrogen and oxygen atoms in total. The summed E-state index contributed by atoms with van der Waals surface area (Å²) in [7, 11) is 0. The lowest BCUT2D eigenvalue weighted by Gasteiger charge is -2.52. The number of allylic oxidation sites excluding steroid dienone is 2. The van der Waals surface area contributed by atoms with Crippen LogP contribution in [0.3, 0.4) is 0 Å². The second-order valence-corrected chi connectivity index (χ2v) is 17.3. The van der Waals surface area contributed by atoms with Crippen molar-refractivity contribution >= 4 is 38.9 Å². The lowest BCUT2D eigenvalue weighted by atomic mass is 9.59. The number of anilines is 2. The Morgan fingerprint density at radius 2 is 1.05 bits per heavy atom. The molecule has 12 rings (SSSR count). The highest BCUT2D eigenvalue weighted by atomic mass is 15.2. The predicted molar refractivity (Wildman–Crippen MR) is 235 cm³/mol. The van der Waals surface area contributed by atoms with Gasteiger partial charge in [0, 0.05) is 44.6 Å². The second kappa shape index (κ2) is 11.1. The van der Waals surface area contributed by atoms with Crippen LogP contribution >= 0.6 is 0 Å². The maximum absolute atomic E-state index is 2.70. The van der Waals surface area contributed by atoms with Crippen molar-refractivity contribution < 1.29 is 0 Å². The minimum atomic E-state index is -0.277. The fraction of sp³-hybridized carbons (Fsp3) is 0.148. The second-order valence-electron chi connectivity index (χ2n) is 17.3. The molecule has 56 heavy (non-hydrogen) atoms. The zero-order chi connectivity index (χ0) is 37.5. The van der Waals surface area contributed by atoms with Gasteiger partial charge in [0.05, 0.1) is 17.1 Å². The first kappa shape index (κ1) is 31.9. The number of para-hydroxylation sites is 1. The molecular formula is C54H42N2. The summed E-state index contributed by atoms with van der Waals surface area (Å²) in [5, 5.41) is 2.63. The van der Waals surface area contributed by atoms with E-state index >= 15 is 0 Å². The van der Waals surface area contributed by atoms with Crippen LogP contribution in [0.1, 0.15) is 50.3 Å². The Balaban J connectivity index is 1.21. The maximum atomic E-state index is 2.70. The Labute approximate surface area is 328 Å². The van der Waals surface area contributed by atoms with Crippen molar-refractivity contribution in [2.45, 2.75) is 50.5 Å². The zero-order valence-electron chi connectivity index (χ0n) is 32.2. The SMILES string of the molecule is CC1(C)C2=C3C(=CC4c5cc(-c6ccccc6)ccc5N(c5ccccc51)C24)n1c2ccc(-c4ccccc4)cc2c2cc(-c4ccccc4)cc(c21)C3(C)C. The zero-order valence-corrected chi connectivity index (χ0v) is 32.2. The highest BCUT2D eigenvalue weighted by Gasteiger charge is 2.56. The van der Waals surface area contributed by atoms with Crippen molar-refractivity contribution in [3.8, 4) is 33.4 Å². The molecule has 2 atom stereocenters. The Bertz CT molecular complexity index is 3010. The molecular weight excluding hydrogens is 677 g/mol. The van der Waals surface area contributed by atoms with Gasteiger partial charge < -0.3 is 9.47 Å². The minimum absolute atomic E-state index is 0.180. The molecule has 8 aromatic rings. The summed E-state index contributed by atoms with van der Waals surface area (Å²) in [5.74, 6) is 0.187. The summed E-state index contributed by atoms with van der Waals surface area (Å²) in [6.07, 6.45) is 2.67. The molecule has 0 N–H and O–H groups in total. The molecule has 4 heterocycles. The van der Waals surface area contributed by atoms with Crippen LogP contribution in [0.15, 0.2) is 181 Å². The van der Waals surface area contributed by atoms with Gasteiger partial charge in [-0.25, -0.2) is 0 Å². The van der Waals surface area contributed by atoms with Crippen molar-refractivity contribution in [1.82, 2.24) is 4.57 Å². The van der Waals surface area contributed by atoms with Crippen LogP contribution in [0.5, 0.6) is 0 Å². The van der Waals surface area contributed by atoms with Crippen molar-refractivity contribution in [2.75, 3.05) is 4.90 Å². The molecule has 268 valence electrons. The van der Waals surface area contributed by atoms with E-state index in [1.807, 2.05) is 0 Å². The average Bonchev–Trinajstić information content (AvgIpc) is 3.74. The molecule has 2 heteroatoms. The molecule has 2 unspecified atom stereocenters. The highest BCUT2D eigenvalue weighted by Crippen LogP contribution is 2.65. The number of benzene rings is 7. The third-order valence-electron chi connectivity index (χ3n) is 13.7. The first-order valence-electron chi connectivity index (χ1n) is 20.1. The van der Waals surface area contributed by atoms with Gasteiger partial charge in [0.1, 0.15) is 0 Å². The summed E-state index contributed by atoms with van der Waals surface area (Å²) in [6.45, 7) is 9.98. The molecule has 4 aliphatic rings. The smallest absolute Gasteiger partial charge is 0.0671 e. The normalized spacial score (nSPS) is 19.4. The Morgan fingerprint density at radius 3 is 1.75 bits per heavy atom. The van der Waals surface area contributed by atoms with Gasteiger partial charge in [-0.05, 0) is 110 Å². The number of fused-ring (bicyclic) bond motifs is 10. The first-order chi connectivity index (χ1) is 27.3. The van der Waals surface area contributed by atoms with E-state index in [0.29, 0.717) is 0 Å². The molecule has 0 amide bonds. The number of hydrogen-bond acceptors (Lipinski definition) is 1. The standard InChI is InChI=1S/C54H42N2/c1-53(2)43-22-14-15-23-47(43)55-45-26-24-37(34-18-10-6-11-19-34)29-40(45)42-32-48-49(50(53)52(42)55)54(3,4)44-31-38(35-20-12-7-13-21-35)30-41-39-28-36(33-16-8-5-9-17-33)25-27-46(39)56(48)51(41)44/h5-32,42,52H,1-4H3. The summed E-state index contributed by atoms with van der Waals surface area (Å²) in [5.41, 5.74) is 20.9. The van der Waals surface area contributed by atoms with Crippen LogP contribution in [-0.4, -0.2) is 10.6 Å². The van der Waals surface area contributed by atoms with Gasteiger partial charge in [-0.3, -0.25) is 0 Å². The average molecular weight is 719 g/mol. The molecule has 0 fully saturated rings. The Hall–Kier alpha value is -6.38. The van der Waals surface area contributed by atoms with E-state index in [4.69, 9.17) is 0 Å². The van der Waals surface area contributed by atoms with Crippen LogP contribution in [0.4, 0.5) is 11.4 Å². The highest BCUT2D eigenvalue weighted by molar-refractivity contribution is 6.16. The van der Waals surface area contributed by atoms with Crippen molar-refractivity contribution in [3.63, 3.8) is 0 Å². The van der Waals surface area contributed by atoms with E-state index in [2.05, 4.69) is 207 Å². The lowest BCUT2D eigenvalue weighted by Crippen LogP contribution is -2.49. The molecule has 0 radical (unpaired) electrons. The van der Waals surface area contributed by atoms with Crippen LogP contribution in [0.25, 0.3) is 60.9 Å². The molecule has 3 aliphatic heterocycles. The summed E-state index contributed by atoms with van der Waals surface area (Å²) >= 11 is 0. The fourth-order valence-corrected chi connectivity index (χ4v) is 11.1. The lowest BCUT2D eigenvalue weighted by molar-refractivity contribution is 0.481. The van der Waals surface area contributed by atoms with Gasteiger partial charge in [-0.15, -0.1) is 0 Å². The monoisotopic (exact) mass is 718 g/mol. The van der Waals surface area contributed by atoms with E-state index in [1.165, 1.54) is 94.5 Å². The molecule has 1 aromatic heterocycles. The van der Waals surface area contributed by atoms with Gasteiger partial charge in [0.2, 0.25) is 0 Å². The van der Waals surface area contributed by atoms with E-state index < -0.39 is 0 Å². The number of aromatic nitrogens is 1. The molecule has 0 saturated heterocycles. The van der Waals surface area contributed by atoms with E-state index in [0.717, 1.165) is 0 Å². The van der Waals surface area contributed by atoms with Crippen LogP contribution in [0, 0.1) is 0 Å². The summed E-state index contributed by atoms with van der Waals surface area (Å²) in [6, 6.07) is 61.4. The molecule has 0 spiro atoms. The van der Waals surface area contributed by atoms with E-state index in [-0.39, 0.29) is 22.8 Å². The van der Waals surface area contributed by atoms with Crippen molar-refractivity contribution in [3.05, 3.63) is 198 Å². The van der Waals surface area contributed by atoms with Gasteiger partial charge in [0.15, 0.2) is 0 Å². The van der Waals surface area contributed by atoms with Crippen LogP contribution < -0.4 is 4.90 Å². The molecule has 7 aromatic carbocycles. The summed E-state index contributed by atoms with van der Waals surface area (Å²) < 4.78 is 2.66. The topological polar surface area (TPSA) is 8.17 Å². The Morgan fingerprint density at radius 1 is 0.464 bits per heavy atom. The fourth-order valence-electron chi connectivity index (χ4n) is 11.1. The van der Waals surface area contributed by atoms with Crippen molar-refractivity contribution in [1.29, 1.82) is 0 Å². The summed E-state index contributed by atoms with van der Waals surface area (Å²) in [4.78, 5) is 2.70. The number of hydrogen-bond donors (Lipinski definition) is 0. The first-order valence-corrected chi connectivity index (χ1v) is 20.1. The molecule has 1 aliphatic carbocycles. The molecule has 0 bridgehead atoms. The van der Waals surface area contributed by atoms with Crippen LogP contribution in [-0.2, 0) is 10.8 Å². The maximum Gasteiger partial charge on any atom is 0.0671 e. The quantitative estimate of drug-likeness (QED) is 0.177. The van der Waals surface area contributed by atoms with Gasteiger partial charge in [-0.2, -0.15) is 0 Å². The molecule has 0 saturated carbocycles. The Kier molecular flexibility index (Phi) is 6.33. The number of rotatable bonds is 3. The van der Waals surface area contributed by atoms with Gasteiger partial charge in [0.25, 0.3) is 0 Å². The number of nitrogens with zero attached hydrogens (tertiary/aromatic N) is 2. The van der Waals surface area contributed by atoms with E-state index in [9.17, 15) is 0 Å². The third-order valence-corrected chi connectivity index (χ3v) is 13.7. The van der Waals surface area contributed by atoms with Gasteiger partial charge in [-0.1, -0.05) is 149 Å². The van der Waals surface area contributed by atoms with E-state index in [1.54, 1.807) is 5.57 Å². The predicted octanol–water partition coefficient (Wildman–Crippen LogP) is 13.8. The largest absolute Gasteiger partial charge is 0.333 e. The minimum Gasteiger partial charge on any atom is -0.333 e. The van der Waals surface area contributed by atoms with Gasteiger partial charge >= 0.3 is 0 Å². The van der Waals surface area contributed by atoms with Crippen LogP contribution in [0.2, 0.25) is 0 Å². The third kappa shape index (κ3) is 4.11. The van der Waals surface area contributed by atoms with Crippen molar-refractivity contribution in [2.24, 2.45) is 0 Å².